The summed E-state index contributed by atoms with van der Waals surface area (Å²) >= 11 is 0. The molecule has 0 spiro atoms. The third-order valence-electron chi connectivity index (χ3n) is 7.38. The number of likely N-dealkylation sites (N-methyl/N-ethyl adjacent to an activating group) is 1. The van der Waals surface area contributed by atoms with Crippen LogP contribution in [-0.2, 0) is 29.7 Å². The van der Waals surface area contributed by atoms with Gasteiger partial charge in [0.1, 0.15) is 11.4 Å². The Morgan fingerprint density at radius 2 is 1.87 bits per heavy atom. The minimum Gasteiger partial charge on any atom is -0.483 e. The van der Waals surface area contributed by atoms with Crippen molar-refractivity contribution in [3.63, 3.8) is 0 Å². The molecular formula is C32H43N7O7. The number of rotatable bonds is 11. The predicted molar refractivity (Wildman–Crippen MR) is 174 cm³/mol. The molecule has 1 aliphatic heterocycles. The molecule has 14 nitrogen and oxygen atoms in total. The standard InChI is InChI=1S/C32H43N7O7/c1-7-9-17-38-26-27(35-29(38)37-16-12-13-21(18-37)34-30(43)46-32(3,4)5)36(6)31(44)39(28(26)42)19-23(40)22-14-10-11-15-24(22)45-20-25(41)33-8-2/h7,9-11,14-15,21H,8,12-13,16-20H2,1-6H3,(H,33,41)(H,34,43)/t21-/m1/s1. The summed E-state index contributed by atoms with van der Waals surface area (Å²) in [6.07, 6.45) is 4.71. The van der Waals surface area contributed by atoms with Gasteiger partial charge in [-0.05, 0) is 59.6 Å². The molecule has 1 saturated heterocycles. The predicted octanol–water partition coefficient (Wildman–Crippen LogP) is 2.36. The van der Waals surface area contributed by atoms with E-state index in [1.807, 2.05) is 24.0 Å². The number of piperidine rings is 1. The topological polar surface area (TPSA) is 159 Å². The lowest BCUT2D eigenvalue weighted by Crippen LogP contribution is -2.49. The first kappa shape index (κ1) is 34.0. The molecule has 1 fully saturated rings. The van der Waals surface area contributed by atoms with Gasteiger partial charge >= 0.3 is 11.8 Å². The van der Waals surface area contributed by atoms with Crippen LogP contribution in [0.4, 0.5) is 10.7 Å². The zero-order valence-corrected chi connectivity index (χ0v) is 27.3. The van der Waals surface area contributed by atoms with Crippen LogP contribution in [-0.4, -0.2) is 74.4 Å². The van der Waals surface area contributed by atoms with Gasteiger partial charge in [0.25, 0.3) is 11.5 Å². The molecule has 4 rings (SSSR count). The molecule has 46 heavy (non-hydrogen) atoms. The van der Waals surface area contributed by atoms with E-state index in [-0.39, 0.29) is 41.0 Å². The molecular weight excluding hydrogens is 594 g/mol. The fourth-order valence-corrected chi connectivity index (χ4v) is 5.32. The molecule has 14 heteroatoms. The minimum absolute atomic E-state index is 0.140. The number of Topliss-reactive ketones (excluding diaryl/α,β-unsaturated/α-hetero) is 1. The second kappa shape index (κ2) is 14.5. The van der Waals surface area contributed by atoms with Gasteiger partial charge in [0.05, 0.1) is 12.1 Å². The number of hydrogen-bond donors (Lipinski definition) is 2. The zero-order chi connectivity index (χ0) is 33.6. The van der Waals surface area contributed by atoms with E-state index in [9.17, 15) is 24.0 Å². The Morgan fingerprint density at radius 3 is 2.57 bits per heavy atom. The number of nitrogens with zero attached hydrogens (tertiary/aromatic N) is 5. The van der Waals surface area contributed by atoms with E-state index < -0.39 is 35.3 Å². The number of anilines is 1. The number of fused-ring (bicyclic) bond motifs is 1. The monoisotopic (exact) mass is 637 g/mol. The third-order valence-corrected chi connectivity index (χ3v) is 7.38. The average molecular weight is 638 g/mol. The minimum atomic E-state index is -0.697. The lowest BCUT2D eigenvalue weighted by atomic mass is 10.1. The summed E-state index contributed by atoms with van der Waals surface area (Å²) in [6, 6.07) is 6.16. The molecule has 3 heterocycles. The van der Waals surface area contributed by atoms with Crippen molar-refractivity contribution in [3.05, 3.63) is 62.8 Å². The quantitative estimate of drug-likeness (QED) is 0.238. The number of carbonyl (C=O) groups excluding carboxylic acids is 3. The number of ketones is 1. The average Bonchev–Trinajstić information content (AvgIpc) is 3.39. The van der Waals surface area contributed by atoms with Crippen molar-refractivity contribution in [3.8, 4) is 5.75 Å². The van der Waals surface area contributed by atoms with Gasteiger partial charge < -0.3 is 29.6 Å². The number of ether oxygens (including phenoxy) is 2. The second-order valence-corrected chi connectivity index (χ2v) is 12.1. The zero-order valence-electron chi connectivity index (χ0n) is 27.3. The number of nitrogens with one attached hydrogen (secondary N) is 2. The molecule has 0 radical (unpaired) electrons. The van der Waals surface area contributed by atoms with Crippen molar-refractivity contribution in [2.24, 2.45) is 7.05 Å². The van der Waals surface area contributed by atoms with Crippen molar-refractivity contribution in [1.82, 2.24) is 29.3 Å². The molecule has 0 aliphatic carbocycles. The number of allylic oxidation sites excluding steroid dienone is 2. The van der Waals surface area contributed by atoms with Gasteiger partial charge in [-0.3, -0.25) is 23.5 Å². The number of aromatic nitrogens is 4. The van der Waals surface area contributed by atoms with E-state index in [2.05, 4.69) is 10.6 Å². The molecule has 2 amide bonds. The van der Waals surface area contributed by atoms with Crippen LogP contribution in [0, 0.1) is 0 Å². The second-order valence-electron chi connectivity index (χ2n) is 12.1. The highest BCUT2D eigenvalue weighted by molar-refractivity contribution is 5.98. The highest BCUT2D eigenvalue weighted by Crippen LogP contribution is 2.24. The van der Waals surface area contributed by atoms with Gasteiger partial charge in [-0.25, -0.2) is 9.59 Å². The Labute approximate surface area is 267 Å². The molecule has 1 aliphatic rings. The van der Waals surface area contributed by atoms with E-state index in [1.165, 1.54) is 17.7 Å². The van der Waals surface area contributed by atoms with Gasteiger partial charge in [0.2, 0.25) is 5.95 Å². The largest absolute Gasteiger partial charge is 0.483 e. The van der Waals surface area contributed by atoms with Crippen molar-refractivity contribution in [2.45, 2.75) is 72.2 Å². The first-order chi connectivity index (χ1) is 21.8. The molecule has 2 N–H and O–H groups in total. The molecule has 1 atom stereocenters. The molecule has 1 aromatic carbocycles. The molecule has 2 aromatic heterocycles. The fourth-order valence-electron chi connectivity index (χ4n) is 5.32. The van der Waals surface area contributed by atoms with Crippen molar-refractivity contribution < 1.29 is 23.9 Å². The molecule has 0 saturated carbocycles. The van der Waals surface area contributed by atoms with Crippen LogP contribution < -0.4 is 31.5 Å². The summed E-state index contributed by atoms with van der Waals surface area (Å²) in [5.41, 5.74) is -1.49. The Bertz CT molecular complexity index is 1750. The van der Waals surface area contributed by atoms with Crippen molar-refractivity contribution >= 4 is 34.9 Å². The Balaban J connectivity index is 1.69. The lowest BCUT2D eigenvalue weighted by molar-refractivity contribution is -0.123. The number of carbonyl (C=O) groups is 3. The molecule has 3 aromatic rings. The van der Waals surface area contributed by atoms with Gasteiger partial charge in [0, 0.05) is 39.3 Å². The maximum Gasteiger partial charge on any atom is 0.407 e. The number of amides is 2. The number of aryl methyl sites for hydroxylation is 1. The van der Waals surface area contributed by atoms with Crippen molar-refractivity contribution in [2.75, 3.05) is 31.1 Å². The number of imidazole rings is 1. The maximum absolute atomic E-state index is 14.0. The van der Waals surface area contributed by atoms with Gasteiger partial charge in [-0.15, -0.1) is 0 Å². The van der Waals surface area contributed by atoms with Crippen LogP contribution in [0.25, 0.3) is 11.2 Å². The van der Waals surface area contributed by atoms with Crippen LogP contribution >= 0.6 is 0 Å². The first-order valence-electron chi connectivity index (χ1n) is 15.4. The van der Waals surface area contributed by atoms with E-state index in [1.54, 1.807) is 50.5 Å². The smallest absolute Gasteiger partial charge is 0.407 e. The summed E-state index contributed by atoms with van der Waals surface area (Å²) in [5, 5.41) is 5.56. The lowest BCUT2D eigenvalue weighted by Gasteiger charge is -2.34. The van der Waals surface area contributed by atoms with Gasteiger partial charge in [-0.1, -0.05) is 24.3 Å². The van der Waals surface area contributed by atoms with Crippen LogP contribution in [0.1, 0.15) is 57.8 Å². The Kier molecular flexibility index (Phi) is 10.7. The van der Waals surface area contributed by atoms with Crippen LogP contribution in [0.15, 0.2) is 46.0 Å². The number of hydrogen-bond acceptors (Lipinski definition) is 9. The summed E-state index contributed by atoms with van der Waals surface area (Å²) in [4.78, 5) is 72.1. The molecule has 0 bridgehead atoms. The van der Waals surface area contributed by atoms with Gasteiger partial charge in [0.15, 0.2) is 23.6 Å². The number of para-hydroxylation sites is 1. The van der Waals surface area contributed by atoms with Crippen LogP contribution in [0.3, 0.4) is 0 Å². The Morgan fingerprint density at radius 1 is 1.13 bits per heavy atom. The van der Waals surface area contributed by atoms with Crippen molar-refractivity contribution in [1.29, 1.82) is 0 Å². The summed E-state index contributed by atoms with van der Waals surface area (Å²) in [6.45, 7) is 9.99. The third kappa shape index (κ3) is 7.85. The number of alkyl carbamates (subject to hydrolysis) is 1. The van der Waals surface area contributed by atoms with E-state index in [0.717, 1.165) is 17.4 Å². The van der Waals surface area contributed by atoms with Gasteiger partial charge in [-0.2, -0.15) is 4.98 Å². The van der Waals surface area contributed by atoms with E-state index >= 15 is 0 Å². The fraction of sp³-hybridized carbons (Fsp3) is 0.500. The number of benzene rings is 1. The normalized spacial score (nSPS) is 15.3. The highest BCUT2D eigenvalue weighted by atomic mass is 16.6. The molecule has 248 valence electrons. The Hall–Kier alpha value is -4.88. The summed E-state index contributed by atoms with van der Waals surface area (Å²) < 4.78 is 14.9. The SMILES string of the molecule is CC=CCn1c(N2CCC[C@@H](NC(=O)OC(C)(C)C)C2)nc2c1c(=O)n(CC(=O)c1ccccc1OCC(=O)NCC)c(=O)n2C. The first-order valence-corrected chi connectivity index (χ1v) is 15.4. The van der Waals surface area contributed by atoms with E-state index in [4.69, 9.17) is 14.5 Å². The summed E-state index contributed by atoms with van der Waals surface area (Å²) in [7, 11) is 1.51. The summed E-state index contributed by atoms with van der Waals surface area (Å²) in [5.74, 6) is -0.225. The van der Waals surface area contributed by atoms with E-state index in [0.29, 0.717) is 32.1 Å². The van der Waals surface area contributed by atoms with Crippen LogP contribution in [0.2, 0.25) is 0 Å². The highest BCUT2D eigenvalue weighted by Gasteiger charge is 2.29. The maximum atomic E-state index is 14.0. The molecule has 0 unspecified atom stereocenters. The van der Waals surface area contributed by atoms with Crippen LogP contribution in [0.5, 0.6) is 5.75 Å².